The Balaban J connectivity index is 1.88. The van der Waals surface area contributed by atoms with E-state index in [4.69, 9.17) is 0 Å². The van der Waals surface area contributed by atoms with E-state index in [1.807, 2.05) is 37.3 Å². The Labute approximate surface area is 139 Å². The number of benzene rings is 2. The lowest BCUT2D eigenvalue weighted by Gasteiger charge is -2.41. The van der Waals surface area contributed by atoms with E-state index in [9.17, 15) is 18.3 Å². The van der Waals surface area contributed by atoms with E-state index in [-0.39, 0.29) is 12.1 Å². The van der Waals surface area contributed by atoms with E-state index in [1.165, 1.54) is 12.1 Å². The average Bonchev–Trinajstić information content (AvgIpc) is 2.54. The zero-order valence-corrected chi connectivity index (χ0v) is 13.3. The Morgan fingerprint density at radius 3 is 2.21 bits per heavy atom. The Kier molecular flexibility index (Phi) is 4.40. The highest BCUT2D eigenvalue weighted by Crippen LogP contribution is 2.40. The number of aliphatic hydroxyl groups is 1. The van der Waals surface area contributed by atoms with Crippen LogP contribution >= 0.6 is 0 Å². The predicted molar refractivity (Wildman–Crippen MR) is 86.4 cm³/mol. The Bertz CT molecular complexity index is 684. The molecule has 3 atom stereocenters. The minimum atomic E-state index is -4.37. The second kappa shape index (κ2) is 6.22. The minimum absolute atomic E-state index is 0.0396. The molecule has 0 aromatic heterocycles. The summed E-state index contributed by atoms with van der Waals surface area (Å²) in [4.78, 5) is 0. The summed E-state index contributed by atoms with van der Waals surface area (Å²) >= 11 is 0. The maximum Gasteiger partial charge on any atom is 0.416 e. The minimum Gasteiger partial charge on any atom is -0.385 e. The molecular weight excluding hydrogens is 315 g/mol. The van der Waals surface area contributed by atoms with Crippen LogP contribution in [0.25, 0.3) is 0 Å². The Morgan fingerprint density at radius 1 is 1.00 bits per heavy atom. The van der Waals surface area contributed by atoms with Gasteiger partial charge in [0.2, 0.25) is 0 Å². The van der Waals surface area contributed by atoms with Gasteiger partial charge in [-0.05, 0) is 43.0 Å². The van der Waals surface area contributed by atoms with Crippen LogP contribution in [-0.4, -0.2) is 11.1 Å². The van der Waals surface area contributed by atoms with Gasteiger partial charge in [-0.25, -0.2) is 0 Å². The van der Waals surface area contributed by atoms with Crippen LogP contribution in [0.15, 0.2) is 54.6 Å². The summed E-state index contributed by atoms with van der Waals surface area (Å²) in [5, 5.41) is 14.6. The molecule has 0 bridgehead atoms. The molecule has 1 aliphatic rings. The monoisotopic (exact) mass is 335 g/mol. The van der Waals surface area contributed by atoms with Crippen molar-refractivity contribution in [1.82, 2.24) is 5.32 Å². The third-order valence-corrected chi connectivity index (χ3v) is 4.62. The largest absolute Gasteiger partial charge is 0.416 e. The van der Waals surface area contributed by atoms with Crippen LogP contribution in [0.4, 0.5) is 13.2 Å². The molecule has 3 rings (SSSR count). The van der Waals surface area contributed by atoms with Gasteiger partial charge in [-0.2, -0.15) is 13.2 Å². The fourth-order valence-electron chi connectivity index (χ4n) is 3.49. The first-order valence-corrected chi connectivity index (χ1v) is 7.99. The summed E-state index contributed by atoms with van der Waals surface area (Å²) in [6.07, 6.45) is -3.48. The Hall–Kier alpha value is -1.85. The fourth-order valence-corrected chi connectivity index (χ4v) is 3.49. The lowest BCUT2D eigenvalue weighted by Crippen LogP contribution is -2.46. The topological polar surface area (TPSA) is 32.3 Å². The van der Waals surface area contributed by atoms with Crippen molar-refractivity contribution >= 4 is 0 Å². The van der Waals surface area contributed by atoms with E-state index >= 15 is 0 Å². The second-order valence-corrected chi connectivity index (χ2v) is 6.55. The van der Waals surface area contributed by atoms with Crippen LogP contribution in [0.1, 0.15) is 42.5 Å². The molecule has 0 saturated carbocycles. The first-order valence-electron chi connectivity index (χ1n) is 7.99. The predicted octanol–water partition coefficient (Wildman–Crippen LogP) is 4.41. The van der Waals surface area contributed by atoms with Crippen LogP contribution in [0.3, 0.4) is 0 Å². The van der Waals surface area contributed by atoms with E-state index < -0.39 is 17.3 Å². The highest BCUT2D eigenvalue weighted by atomic mass is 19.4. The number of halogens is 3. The lowest BCUT2D eigenvalue weighted by atomic mass is 9.77. The highest BCUT2D eigenvalue weighted by Gasteiger charge is 2.40. The highest BCUT2D eigenvalue weighted by molar-refractivity contribution is 5.31. The molecule has 0 aliphatic carbocycles. The Morgan fingerprint density at radius 2 is 1.62 bits per heavy atom. The van der Waals surface area contributed by atoms with Crippen molar-refractivity contribution in [3.63, 3.8) is 0 Å². The molecule has 128 valence electrons. The van der Waals surface area contributed by atoms with E-state index in [1.54, 1.807) is 0 Å². The number of piperidine rings is 1. The summed E-state index contributed by atoms with van der Waals surface area (Å²) in [5.74, 6) is 0. The van der Waals surface area contributed by atoms with Crippen molar-refractivity contribution in [2.75, 3.05) is 0 Å². The number of nitrogens with one attached hydrogen (secondary N) is 1. The molecule has 1 unspecified atom stereocenters. The standard InChI is InChI=1S/C19H20F3NO/c1-13-11-18(24,12-17(23-13)14-5-3-2-4-6-14)15-7-9-16(10-8-15)19(20,21)22/h2-10,13,17,23-24H,11-12H2,1H3/t13-,17-,18?/m0/s1. The van der Waals surface area contributed by atoms with Gasteiger partial charge in [-0.1, -0.05) is 42.5 Å². The summed E-state index contributed by atoms with van der Waals surface area (Å²) in [7, 11) is 0. The van der Waals surface area contributed by atoms with Crippen LogP contribution in [0.5, 0.6) is 0 Å². The fraction of sp³-hybridized carbons (Fsp3) is 0.368. The molecular formula is C19H20F3NO. The molecule has 2 nitrogen and oxygen atoms in total. The zero-order valence-electron chi connectivity index (χ0n) is 13.3. The van der Waals surface area contributed by atoms with Gasteiger partial charge in [-0.15, -0.1) is 0 Å². The van der Waals surface area contributed by atoms with Gasteiger partial charge in [0.25, 0.3) is 0 Å². The summed E-state index contributed by atoms with van der Waals surface area (Å²) < 4.78 is 38.2. The molecule has 24 heavy (non-hydrogen) atoms. The van der Waals surface area contributed by atoms with E-state index in [0.717, 1.165) is 17.7 Å². The molecule has 2 N–H and O–H groups in total. The van der Waals surface area contributed by atoms with E-state index in [2.05, 4.69) is 5.32 Å². The van der Waals surface area contributed by atoms with Crippen LogP contribution in [-0.2, 0) is 11.8 Å². The first-order chi connectivity index (χ1) is 11.3. The van der Waals surface area contributed by atoms with Crippen molar-refractivity contribution in [2.24, 2.45) is 0 Å². The maximum atomic E-state index is 12.7. The molecule has 0 radical (unpaired) electrons. The SMILES string of the molecule is C[C@H]1CC(O)(c2ccc(C(F)(F)F)cc2)C[C@@H](c2ccccc2)N1. The molecule has 0 spiro atoms. The molecule has 2 aromatic carbocycles. The van der Waals surface area contributed by atoms with Gasteiger partial charge >= 0.3 is 6.18 Å². The molecule has 0 amide bonds. The van der Waals surface area contributed by atoms with Crippen molar-refractivity contribution < 1.29 is 18.3 Å². The molecule has 1 heterocycles. The summed E-state index contributed by atoms with van der Waals surface area (Å²) in [6, 6.07) is 14.7. The maximum absolute atomic E-state index is 12.7. The molecule has 5 heteroatoms. The third kappa shape index (κ3) is 3.47. The van der Waals surface area contributed by atoms with Gasteiger partial charge in [0.05, 0.1) is 11.2 Å². The van der Waals surface area contributed by atoms with Gasteiger partial charge in [0, 0.05) is 12.1 Å². The number of hydrogen-bond acceptors (Lipinski definition) is 2. The summed E-state index contributed by atoms with van der Waals surface area (Å²) in [5.41, 5.74) is -0.245. The zero-order chi connectivity index (χ0) is 17.4. The van der Waals surface area contributed by atoms with Gasteiger partial charge in [-0.3, -0.25) is 0 Å². The van der Waals surface area contributed by atoms with Crippen LogP contribution < -0.4 is 5.32 Å². The third-order valence-electron chi connectivity index (χ3n) is 4.62. The first kappa shape index (κ1) is 17.0. The normalized spacial score (nSPS) is 27.9. The van der Waals surface area contributed by atoms with Gasteiger partial charge in [0.1, 0.15) is 0 Å². The van der Waals surface area contributed by atoms with Crippen molar-refractivity contribution in [2.45, 2.75) is 43.6 Å². The quantitative estimate of drug-likeness (QED) is 0.852. The van der Waals surface area contributed by atoms with Crippen molar-refractivity contribution in [3.8, 4) is 0 Å². The molecule has 1 saturated heterocycles. The average molecular weight is 335 g/mol. The van der Waals surface area contributed by atoms with Crippen molar-refractivity contribution in [3.05, 3.63) is 71.3 Å². The molecule has 1 aliphatic heterocycles. The molecule has 1 fully saturated rings. The van der Waals surface area contributed by atoms with Crippen LogP contribution in [0.2, 0.25) is 0 Å². The second-order valence-electron chi connectivity index (χ2n) is 6.55. The van der Waals surface area contributed by atoms with Gasteiger partial charge < -0.3 is 10.4 Å². The van der Waals surface area contributed by atoms with Crippen LogP contribution in [0, 0.1) is 0 Å². The molecule has 2 aromatic rings. The van der Waals surface area contributed by atoms with Gasteiger partial charge in [0.15, 0.2) is 0 Å². The summed E-state index contributed by atoms with van der Waals surface area (Å²) in [6.45, 7) is 1.98. The van der Waals surface area contributed by atoms with E-state index in [0.29, 0.717) is 18.4 Å². The number of hydrogen-bond donors (Lipinski definition) is 2. The number of alkyl halides is 3. The van der Waals surface area contributed by atoms with Crippen molar-refractivity contribution in [1.29, 1.82) is 0 Å². The number of rotatable bonds is 2. The smallest absolute Gasteiger partial charge is 0.385 e. The lowest BCUT2D eigenvalue weighted by molar-refractivity contribution is -0.137.